The number of piperazine rings is 1. The van der Waals surface area contributed by atoms with E-state index in [1.165, 1.54) is 0 Å². The number of nitrogens with one attached hydrogen (secondary N) is 1. The van der Waals surface area contributed by atoms with Gasteiger partial charge in [0.1, 0.15) is 11.3 Å². The number of ether oxygens (including phenoxy) is 1. The smallest absolute Gasteiger partial charge is 0.142 e. The Kier molecular flexibility index (Phi) is 4.13. The van der Waals surface area contributed by atoms with Crippen molar-refractivity contribution in [1.82, 2.24) is 5.32 Å². The van der Waals surface area contributed by atoms with Crippen LogP contribution in [-0.2, 0) is 0 Å². The van der Waals surface area contributed by atoms with Gasteiger partial charge in [0.25, 0.3) is 0 Å². The molecule has 0 amide bonds. The molecule has 4 heteroatoms. The number of methoxy groups -OCH3 is 1. The zero-order valence-electron chi connectivity index (χ0n) is 10.3. The SMILES string of the molecule is CCC1CN(c2ccccc2OC)CC(Cl)N1. The van der Waals surface area contributed by atoms with Crippen LogP contribution < -0.4 is 15.0 Å². The molecule has 2 rings (SSSR count). The van der Waals surface area contributed by atoms with Gasteiger partial charge in [0.15, 0.2) is 0 Å². The number of halogens is 1. The predicted molar refractivity (Wildman–Crippen MR) is 72.1 cm³/mol. The van der Waals surface area contributed by atoms with Gasteiger partial charge >= 0.3 is 0 Å². The topological polar surface area (TPSA) is 24.5 Å². The second-order valence-electron chi connectivity index (χ2n) is 4.32. The third-order valence-corrected chi connectivity index (χ3v) is 3.42. The number of benzene rings is 1. The fraction of sp³-hybridized carbons (Fsp3) is 0.538. The van der Waals surface area contributed by atoms with E-state index < -0.39 is 0 Å². The summed E-state index contributed by atoms with van der Waals surface area (Å²) in [4.78, 5) is 2.29. The first-order valence-corrected chi connectivity index (χ1v) is 6.46. The fourth-order valence-electron chi connectivity index (χ4n) is 2.23. The number of nitrogens with zero attached hydrogens (tertiary/aromatic N) is 1. The van der Waals surface area contributed by atoms with Crippen molar-refractivity contribution in [3.63, 3.8) is 0 Å². The lowest BCUT2D eigenvalue weighted by Gasteiger charge is -2.38. The van der Waals surface area contributed by atoms with Crippen LogP contribution in [0.2, 0.25) is 0 Å². The number of hydrogen-bond donors (Lipinski definition) is 1. The zero-order valence-corrected chi connectivity index (χ0v) is 11.1. The third kappa shape index (κ3) is 2.85. The summed E-state index contributed by atoms with van der Waals surface area (Å²) in [6, 6.07) is 8.53. The maximum absolute atomic E-state index is 6.24. The van der Waals surface area contributed by atoms with Crippen LogP contribution in [0.3, 0.4) is 0 Å². The molecule has 3 nitrogen and oxygen atoms in total. The fourth-order valence-corrected chi connectivity index (χ4v) is 2.57. The van der Waals surface area contributed by atoms with Gasteiger partial charge in [0.2, 0.25) is 0 Å². The van der Waals surface area contributed by atoms with Gasteiger partial charge < -0.3 is 9.64 Å². The van der Waals surface area contributed by atoms with Gasteiger partial charge in [-0.3, -0.25) is 5.32 Å². The number of rotatable bonds is 3. The van der Waals surface area contributed by atoms with Crippen molar-refractivity contribution < 1.29 is 4.74 Å². The van der Waals surface area contributed by atoms with E-state index in [1.807, 2.05) is 18.2 Å². The molecule has 17 heavy (non-hydrogen) atoms. The van der Waals surface area contributed by atoms with E-state index in [-0.39, 0.29) is 5.50 Å². The number of hydrogen-bond acceptors (Lipinski definition) is 3. The lowest BCUT2D eigenvalue weighted by atomic mass is 10.1. The summed E-state index contributed by atoms with van der Waals surface area (Å²) < 4.78 is 5.40. The Bertz CT molecular complexity index is 372. The molecule has 2 atom stereocenters. The Morgan fingerprint density at radius 3 is 2.88 bits per heavy atom. The predicted octanol–water partition coefficient (Wildman–Crippen LogP) is 2.45. The molecule has 0 aromatic heterocycles. The maximum Gasteiger partial charge on any atom is 0.142 e. The molecule has 0 saturated carbocycles. The van der Waals surface area contributed by atoms with E-state index in [4.69, 9.17) is 16.3 Å². The third-order valence-electron chi connectivity index (χ3n) is 3.16. The molecule has 1 aromatic rings. The first-order chi connectivity index (χ1) is 8.24. The lowest BCUT2D eigenvalue weighted by Crippen LogP contribution is -2.54. The molecule has 0 spiro atoms. The summed E-state index contributed by atoms with van der Waals surface area (Å²) in [6.45, 7) is 3.95. The van der Waals surface area contributed by atoms with Gasteiger partial charge in [-0.1, -0.05) is 19.1 Å². The van der Waals surface area contributed by atoms with Gasteiger partial charge in [0, 0.05) is 19.1 Å². The molecule has 1 saturated heterocycles. The van der Waals surface area contributed by atoms with Crippen molar-refractivity contribution in [2.75, 3.05) is 25.1 Å². The Balaban J connectivity index is 2.20. The van der Waals surface area contributed by atoms with Crippen molar-refractivity contribution in [2.45, 2.75) is 24.9 Å². The zero-order chi connectivity index (χ0) is 12.3. The van der Waals surface area contributed by atoms with Crippen molar-refractivity contribution >= 4 is 17.3 Å². The molecule has 94 valence electrons. The van der Waals surface area contributed by atoms with Gasteiger partial charge in [-0.25, -0.2) is 0 Å². The summed E-state index contributed by atoms with van der Waals surface area (Å²) in [5, 5.41) is 3.39. The molecule has 0 aliphatic carbocycles. The first kappa shape index (κ1) is 12.5. The highest BCUT2D eigenvalue weighted by Crippen LogP contribution is 2.29. The molecule has 2 unspecified atom stereocenters. The van der Waals surface area contributed by atoms with Crippen LogP contribution >= 0.6 is 11.6 Å². The van der Waals surface area contributed by atoms with Crippen LogP contribution in [-0.4, -0.2) is 31.7 Å². The Hall–Kier alpha value is -0.930. The van der Waals surface area contributed by atoms with Crippen LogP contribution in [0.1, 0.15) is 13.3 Å². The molecule has 1 fully saturated rings. The standard InChI is InChI=1S/C13H19ClN2O/c1-3-10-8-16(9-13(14)15-10)11-6-4-5-7-12(11)17-2/h4-7,10,13,15H,3,8-9H2,1-2H3. The van der Waals surface area contributed by atoms with E-state index >= 15 is 0 Å². The summed E-state index contributed by atoms with van der Waals surface area (Å²) in [7, 11) is 1.70. The second kappa shape index (κ2) is 5.61. The second-order valence-corrected chi connectivity index (χ2v) is 4.84. The Morgan fingerprint density at radius 1 is 1.41 bits per heavy atom. The minimum Gasteiger partial charge on any atom is -0.495 e. The minimum absolute atomic E-state index is 0.00128. The number of para-hydroxylation sites is 2. The largest absolute Gasteiger partial charge is 0.495 e. The van der Waals surface area contributed by atoms with Crippen molar-refractivity contribution in [1.29, 1.82) is 0 Å². The van der Waals surface area contributed by atoms with Crippen molar-refractivity contribution in [3.8, 4) is 5.75 Å². The summed E-state index contributed by atoms with van der Waals surface area (Å²) in [6.07, 6.45) is 1.08. The van der Waals surface area contributed by atoms with Crippen LogP contribution in [0, 0.1) is 0 Å². The highest BCUT2D eigenvalue weighted by molar-refractivity contribution is 6.20. The molecule has 0 bridgehead atoms. The summed E-state index contributed by atoms with van der Waals surface area (Å²) in [5.41, 5.74) is 1.12. The molecular weight excluding hydrogens is 236 g/mol. The van der Waals surface area contributed by atoms with Crippen LogP contribution in [0.4, 0.5) is 5.69 Å². The highest BCUT2D eigenvalue weighted by Gasteiger charge is 2.25. The number of alkyl halides is 1. The first-order valence-electron chi connectivity index (χ1n) is 6.02. The van der Waals surface area contributed by atoms with E-state index in [1.54, 1.807) is 7.11 Å². The van der Waals surface area contributed by atoms with Crippen molar-refractivity contribution in [3.05, 3.63) is 24.3 Å². The minimum atomic E-state index is -0.00128. The van der Waals surface area contributed by atoms with Gasteiger partial charge in [-0.15, -0.1) is 11.6 Å². The average Bonchev–Trinajstić information content (AvgIpc) is 2.37. The molecule has 0 radical (unpaired) electrons. The summed E-state index contributed by atoms with van der Waals surface area (Å²) >= 11 is 6.24. The molecule has 1 aromatic carbocycles. The van der Waals surface area contributed by atoms with E-state index in [0.717, 1.165) is 30.9 Å². The van der Waals surface area contributed by atoms with E-state index in [0.29, 0.717) is 6.04 Å². The van der Waals surface area contributed by atoms with Gasteiger partial charge in [-0.05, 0) is 18.6 Å². The Morgan fingerprint density at radius 2 is 2.18 bits per heavy atom. The summed E-state index contributed by atoms with van der Waals surface area (Å²) in [5.74, 6) is 0.910. The van der Waals surface area contributed by atoms with Gasteiger partial charge in [0.05, 0.1) is 12.8 Å². The van der Waals surface area contributed by atoms with Crippen LogP contribution in [0.5, 0.6) is 5.75 Å². The Labute approximate surface area is 108 Å². The normalized spacial score (nSPS) is 24.8. The highest BCUT2D eigenvalue weighted by atomic mass is 35.5. The molecule has 1 N–H and O–H groups in total. The molecule has 1 heterocycles. The quantitative estimate of drug-likeness (QED) is 0.663. The molecular formula is C13H19ClN2O. The lowest BCUT2D eigenvalue weighted by molar-refractivity contribution is 0.399. The molecule has 1 aliphatic rings. The average molecular weight is 255 g/mol. The van der Waals surface area contributed by atoms with Crippen molar-refractivity contribution in [2.24, 2.45) is 0 Å². The number of anilines is 1. The van der Waals surface area contributed by atoms with E-state index in [9.17, 15) is 0 Å². The van der Waals surface area contributed by atoms with Crippen LogP contribution in [0.15, 0.2) is 24.3 Å². The molecule has 1 aliphatic heterocycles. The van der Waals surface area contributed by atoms with Crippen LogP contribution in [0.25, 0.3) is 0 Å². The maximum atomic E-state index is 6.24. The van der Waals surface area contributed by atoms with E-state index in [2.05, 4.69) is 23.2 Å². The van der Waals surface area contributed by atoms with Gasteiger partial charge in [-0.2, -0.15) is 0 Å². The monoisotopic (exact) mass is 254 g/mol.